The van der Waals surface area contributed by atoms with E-state index < -0.39 is 0 Å². The van der Waals surface area contributed by atoms with E-state index in [0.29, 0.717) is 5.15 Å². The summed E-state index contributed by atoms with van der Waals surface area (Å²) in [6, 6.07) is 0. The average molecular weight is 226 g/mol. The van der Waals surface area contributed by atoms with E-state index in [2.05, 4.69) is 21.9 Å². The highest BCUT2D eigenvalue weighted by molar-refractivity contribution is 6.30. The van der Waals surface area contributed by atoms with Crippen LogP contribution in [-0.4, -0.2) is 23.6 Å². The first kappa shape index (κ1) is 10.7. The van der Waals surface area contributed by atoms with E-state index in [0.717, 1.165) is 23.8 Å². The summed E-state index contributed by atoms with van der Waals surface area (Å²) in [5, 5.41) is 0.556. The van der Waals surface area contributed by atoms with Gasteiger partial charge in [0.25, 0.3) is 0 Å². The molecule has 0 aliphatic heterocycles. The molecule has 0 radical (unpaired) electrons. The van der Waals surface area contributed by atoms with Gasteiger partial charge < -0.3 is 4.90 Å². The summed E-state index contributed by atoms with van der Waals surface area (Å²) in [5.74, 6) is 1.80. The fraction of sp³-hybridized carbons (Fsp3) is 0.636. The van der Waals surface area contributed by atoms with Crippen LogP contribution in [0.15, 0.2) is 6.33 Å². The van der Waals surface area contributed by atoms with Crippen LogP contribution < -0.4 is 4.90 Å². The summed E-state index contributed by atoms with van der Waals surface area (Å²) in [4.78, 5) is 10.4. The second kappa shape index (κ2) is 4.35. The molecule has 0 saturated heterocycles. The molecule has 0 aromatic carbocycles. The molecule has 0 N–H and O–H groups in total. The highest BCUT2D eigenvalue weighted by Gasteiger charge is 2.20. The van der Waals surface area contributed by atoms with E-state index in [1.807, 2.05) is 6.92 Å². The highest BCUT2D eigenvalue weighted by atomic mass is 35.5. The molecule has 1 aromatic rings. The van der Waals surface area contributed by atoms with Gasteiger partial charge in [0, 0.05) is 19.2 Å². The van der Waals surface area contributed by atoms with Crippen LogP contribution in [0.3, 0.4) is 0 Å². The van der Waals surface area contributed by atoms with Crippen LogP contribution in [0.5, 0.6) is 0 Å². The molecule has 1 saturated carbocycles. The van der Waals surface area contributed by atoms with Crippen molar-refractivity contribution in [1.29, 1.82) is 0 Å². The molecule has 2 rings (SSSR count). The van der Waals surface area contributed by atoms with Crippen LogP contribution in [0, 0.1) is 12.8 Å². The number of rotatable bonds is 3. The molecular weight excluding hydrogens is 210 g/mol. The molecule has 1 fully saturated rings. The average Bonchev–Trinajstić information content (AvgIpc) is 2.15. The Morgan fingerprint density at radius 3 is 2.80 bits per heavy atom. The van der Waals surface area contributed by atoms with Gasteiger partial charge in [0.05, 0.1) is 0 Å². The first-order chi connectivity index (χ1) is 7.18. The third kappa shape index (κ3) is 2.23. The molecule has 0 amide bonds. The Morgan fingerprint density at radius 1 is 1.47 bits per heavy atom. The van der Waals surface area contributed by atoms with Crippen molar-refractivity contribution in [2.24, 2.45) is 5.92 Å². The minimum absolute atomic E-state index is 0.556. The highest BCUT2D eigenvalue weighted by Crippen LogP contribution is 2.29. The van der Waals surface area contributed by atoms with E-state index in [1.54, 1.807) is 0 Å². The van der Waals surface area contributed by atoms with Crippen LogP contribution in [0.4, 0.5) is 5.82 Å². The van der Waals surface area contributed by atoms with Crippen molar-refractivity contribution in [2.45, 2.75) is 26.2 Å². The zero-order chi connectivity index (χ0) is 10.8. The second-order valence-corrected chi connectivity index (χ2v) is 4.65. The molecule has 4 heteroatoms. The van der Waals surface area contributed by atoms with Gasteiger partial charge >= 0.3 is 0 Å². The summed E-state index contributed by atoms with van der Waals surface area (Å²) in [7, 11) is 2.07. The summed E-state index contributed by atoms with van der Waals surface area (Å²) in [6.45, 7) is 3.04. The fourth-order valence-electron chi connectivity index (χ4n) is 1.95. The third-order valence-corrected chi connectivity index (χ3v) is 3.50. The lowest BCUT2D eigenvalue weighted by atomic mass is 9.85. The molecule has 82 valence electrons. The van der Waals surface area contributed by atoms with Gasteiger partial charge in [0.15, 0.2) is 0 Å². The summed E-state index contributed by atoms with van der Waals surface area (Å²) in [5.41, 5.74) is 0.973. The van der Waals surface area contributed by atoms with Gasteiger partial charge in [-0.1, -0.05) is 18.0 Å². The van der Waals surface area contributed by atoms with Crippen LogP contribution in [0.2, 0.25) is 5.15 Å². The molecule has 0 spiro atoms. The Hall–Kier alpha value is -0.830. The molecule has 3 nitrogen and oxygen atoms in total. The van der Waals surface area contributed by atoms with E-state index in [9.17, 15) is 0 Å². The number of nitrogens with zero attached hydrogens (tertiary/aromatic N) is 3. The van der Waals surface area contributed by atoms with Crippen molar-refractivity contribution in [3.63, 3.8) is 0 Å². The summed E-state index contributed by atoms with van der Waals surface area (Å²) >= 11 is 5.96. The van der Waals surface area contributed by atoms with Crippen molar-refractivity contribution in [1.82, 2.24) is 9.97 Å². The number of aromatic nitrogens is 2. The Kier molecular flexibility index (Phi) is 3.10. The number of hydrogen-bond acceptors (Lipinski definition) is 3. The lowest BCUT2D eigenvalue weighted by Crippen LogP contribution is -2.30. The largest absolute Gasteiger partial charge is 0.359 e. The van der Waals surface area contributed by atoms with E-state index in [1.165, 1.54) is 25.6 Å². The third-order valence-electron chi connectivity index (χ3n) is 3.11. The maximum atomic E-state index is 5.96. The number of anilines is 1. The van der Waals surface area contributed by atoms with Gasteiger partial charge in [-0.2, -0.15) is 0 Å². The first-order valence-electron chi connectivity index (χ1n) is 5.36. The van der Waals surface area contributed by atoms with Crippen LogP contribution in [-0.2, 0) is 0 Å². The standard InChI is InChI=1S/C11H16ClN3/c1-8-10(12)13-7-14-11(8)15(2)6-9-4-3-5-9/h7,9H,3-6H2,1-2H3. The molecule has 0 unspecified atom stereocenters. The SMILES string of the molecule is Cc1c(Cl)ncnc1N(C)CC1CCC1. The smallest absolute Gasteiger partial charge is 0.137 e. The summed E-state index contributed by atoms with van der Waals surface area (Å²) < 4.78 is 0. The van der Waals surface area contributed by atoms with Crippen LogP contribution in [0.1, 0.15) is 24.8 Å². The Morgan fingerprint density at radius 2 is 2.20 bits per heavy atom. The molecule has 0 bridgehead atoms. The second-order valence-electron chi connectivity index (χ2n) is 4.29. The van der Waals surface area contributed by atoms with Gasteiger partial charge in [-0.05, 0) is 25.7 Å². The van der Waals surface area contributed by atoms with Gasteiger partial charge in [-0.15, -0.1) is 0 Å². The number of hydrogen-bond donors (Lipinski definition) is 0. The van der Waals surface area contributed by atoms with Crippen molar-refractivity contribution in [3.8, 4) is 0 Å². The molecule has 1 aliphatic carbocycles. The Labute approximate surface area is 95.5 Å². The van der Waals surface area contributed by atoms with Crippen molar-refractivity contribution in [3.05, 3.63) is 17.0 Å². The zero-order valence-corrected chi connectivity index (χ0v) is 9.96. The minimum Gasteiger partial charge on any atom is -0.359 e. The maximum Gasteiger partial charge on any atom is 0.137 e. The van der Waals surface area contributed by atoms with Crippen molar-refractivity contribution >= 4 is 17.4 Å². The first-order valence-corrected chi connectivity index (χ1v) is 5.74. The Bertz CT molecular complexity index is 350. The normalized spacial score (nSPS) is 16.2. The molecule has 0 atom stereocenters. The van der Waals surface area contributed by atoms with Gasteiger partial charge in [-0.3, -0.25) is 0 Å². The van der Waals surface area contributed by atoms with Crippen molar-refractivity contribution in [2.75, 3.05) is 18.5 Å². The van der Waals surface area contributed by atoms with E-state index >= 15 is 0 Å². The van der Waals surface area contributed by atoms with Crippen molar-refractivity contribution < 1.29 is 0 Å². The molecule has 1 aliphatic rings. The van der Waals surface area contributed by atoms with Crippen LogP contribution >= 0.6 is 11.6 Å². The number of halogens is 1. The topological polar surface area (TPSA) is 29.0 Å². The Balaban J connectivity index is 2.09. The minimum atomic E-state index is 0.556. The van der Waals surface area contributed by atoms with Gasteiger partial charge in [0.2, 0.25) is 0 Å². The zero-order valence-electron chi connectivity index (χ0n) is 9.20. The molecule has 1 heterocycles. The summed E-state index contributed by atoms with van der Waals surface area (Å²) in [6.07, 6.45) is 5.61. The quantitative estimate of drug-likeness (QED) is 0.741. The lowest BCUT2D eigenvalue weighted by Gasteiger charge is -2.31. The maximum absolute atomic E-state index is 5.96. The van der Waals surface area contributed by atoms with E-state index in [4.69, 9.17) is 11.6 Å². The monoisotopic (exact) mass is 225 g/mol. The molecular formula is C11H16ClN3. The molecule has 15 heavy (non-hydrogen) atoms. The predicted molar refractivity (Wildman–Crippen MR) is 62.4 cm³/mol. The predicted octanol–water partition coefficient (Wildman–Crippen LogP) is 2.67. The molecule has 1 aromatic heterocycles. The van der Waals surface area contributed by atoms with Crippen LogP contribution in [0.25, 0.3) is 0 Å². The van der Waals surface area contributed by atoms with Gasteiger partial charge in [-0.25, -0.2) is 9.97 Å². The fourth-order valence-corrected chi connectivity index (χ4v) is 2.08. The van der Waals surface area contributed by atoms with Gasteiger partial charge in [0.1, 0.15) is 17.3 Å². The van der Waals surface area contributed by atoms with E-state index in [-0.39, 0.29) is 0 Å². The lowest BCUT2D eigenvalue weighted by molar-refractivity contribution is 0.321.